The van der Waals surface area contributed by atoms with Crippen LogP contribution in [0, 0.1) is 0 Å². The summed E-state index contributed by atoms with van der Waals surface area (Å²) < 4.78 is 5.48. The molecule has 2 saturated heterocycles. The molecule has 0 radical (unpaired) electrons. The van der Waals surface area contributed by atoms with Gasteiger partial charge in [0.2, 0.25) is 17.6 Å². The zero-order valence-electron chi connectivity index (χ0n) is 15.1. The average molecular weight is 375 g/mol. The molecule has 2 aromatic rings. The summed E-state index contributed by atoms with van der Waals surface area (Å²) >= 11 is 1.61. The van der Waals surface area contributed by atoms with E-state index in [1.165, 1.54) is 6.42 Å². The van der Waals surface area contributed by atoms with Crippen molar-refractivity contribution >= 4 is 17.2 Å². The van der Waals surface area contributed by atoms with Crippen molar-refractivity contribution in [2.24, 2.45) is 0 Å². The quantitative estimate of drug-likeness (QED) is 0.863. The van der Waals surface area contributed by atoms with Gasteiger partial charge in [-0.2, -0.15) is 4.98 Å². The number of amides is 1. The van der Waals surface area contributed by atoms with Crippen molar-refractivity contribution in [2.75, 3.05) is 32.7 Å². The van der Waals surface area contributed by atoms with Crippen LogP contribution in [0.3, 0.4) is 0 Å². The van der Waals surface area contributed by atoms with Gasteiger partial charge in [-0.1, -0.05) is 11.2 Å². The first-order chi connectivity index (χ1) is 12.7. The second kappa shape index (κ2) is 7.85. The van der Waals surface area contributed by atoms with Gasteiger partial charge in [-0.05, 0) is 37.8 Å². The van der Waals surface area contributed by atoms with Crippen molar-refractivity contribution in [2.45, 2.75) is 38.3 Å². The third kappa shape index (κ3) is 3.82. The number of thiophene rings is 1. The summed E-state index contributed by atoms with van der Waals surface area (Å²) in [7, 11) is 0. The Bertz CT molecular complexity index is 718. The molecular weight excluding hydrogens is 350 g/mol. The maximum absolute atomic E-state index is 12.5. The van der Waals surface area contributed by atoms with Crippen LogP contribution in [0.5, 0.6) is 0 Å². The summed E-state index contributed by atoms with van der Waals surface area (Å²) in [5, 5.41) is 9.51. The second-order valence-corrected chi connectivity index (χ2v) is 7.97. The third-order valence-electron chi connectivity index (χ3n) is 5.34. The minimum atomic E-state index is 0.0602. The van der Waals surface area contributed by atoms with Gasteiger partial charge in [-0.25, -0.2) is 0 Å². The Morgan fingerprint density at radius 3 is 2.96 bits per heavy atom. The van der Waals surface area contributed by atoms with Crippen molar-refractivity contribution in [3.05, 3.63) is 23.4 Å². The topological polar surface area (TPSA) is 74.5 Å². The fourth-order valence-electron chi connectivity index (χ4n) is 3.70. The highest BCUT2D eigenvalue weighted by molar-refractivity contribution is 7.13. The number of rotatable bonds is 5. The van der Waals surface area contributed by atoms with Gasteiger partial charge in [-0.15, -0.1) is 11.3 Å². The molecule has 8 heteroatoms. The van der Waals surface area contributed by atoms with Crippen molar-refractivity contribution in [1.29, 1.82) is 0 Å². The van der Waals surface area contributed by atoms with Crippen LogP contribution in [0.2, 0.25) is 0 Å². The van der Waals surface area contributed by atoms with E-state index in [4.69, 9.17) is 4.52 Å². The molecule has 2 atom stereocenters. The van der Waals surface area contributed by atoms with E-state index < -0.39 is 0 Å². The molecule has 4 heterocycles. The summed E-state index contributed by atoms with van der Waals surface area (Å²) in [6.07, 6.45) is 2.93. The fraction of sp³-hybridized carbons (Fsp3) is 0.611. The lowest BCUT2D eigenvalue weighted by Crippen LogP contribution is -2.50. The van der Waals surface area contributed by atoms with Gasteiger partial charge < -0.3 is 14.7 Å². The van der Waals surface area contributed by atoms with Gasteiger partial charge >= 0.3 is 0 Å². The van der Waals surface area contributed by atoms with Gasteiger partial charge in [0.15, 0.2) is 0 Å². The number of piperazine rings is 1. The molecule has 0 spiro atoms. The van der Waals surface area contributed by atoms with Crippen LogP contribution in [-0.4, -0.2) is 64.6 Å². The molecule has 2 aromatic heterocycles. The first kappa shape index (κ1) is 17.6. The van der Waals surface area contributed by atoms with E-state index >= 15 is 0 Å². The third-order valence-corrected chi connectivity index (χ3v) is 6.20. The Kier molecular flexibility index (Phi) is 5.33. The Labute approximate surface area is 157 Å². The maximum Gasteiger partial charge on any atom is 0.244 e. The molecule has 140 valence electrons. The molecule has 26 heavy (non-hydrogen) atoms. The van der Waals surface area contributed by atoms with E-state index in [-0.39, 0.29) is 11.9 Å². The number of hydrogen-bond donors (Lipinski definition) is 1. The van der Waals surface area contributed by atoms with Crippen molar-refractivity contribution < 1.29 is 9.32 Å². The first-order valence-corrected chi connectivity index (χ1v) is 10.2. The monoisotopic (exact) mass is 375 g/mol. The number of nitrogens with zero attached hydrogens (tertiary/aromatic N) is 4. The molecule has 2 aliphatic heterocycles. The molecule has 4 rings (SSSR count). The fourth-order valence-corrected chi connectivity index (χ4v) is 4.35. The van der Waals surface area contributed by atoms with Crippen LogP contribution >= 0.6 is 11.3 Å². The summed E-state index contributed by atoms with van der Waals surface area (Å²) in [6.45, 7) is 6.33. The molecule has 2 unspecified atom stereocenters. The zero-order valence-corrected chi connectivity index (χ0v) is 15.9. The summed E-state index contributed by atoms with van der Waals surface area (Å²) in [5.74, 6) is 1.57. The van der Waals surface area contributed by atoms with E-state index in [1.54, 1.807) is 11.3 Å². The Balaban J connectivity index is 1.30. The number of hydrogen-bond acceptors (Lipinski definition) is 7. The Hall–Kier alpha value is -1.77. The van der Waals surface area contributed by atoms with E-state index in [2.05, 4.69) is 27.3 Å². The molecule has 0 saturated carbocycles. The van der Waals surface area contributed by atoms with Gasteiger partial charge in [0.25, 0.3) is 0 Å². The van der Waals surface area contributed by atoms with Gasteiger partial charge in [0.1, 0.15) is 0 Å². The highest BCUT2D eigenvalue weighted by Gasteiger charge is 2.29. The summed E-state index contributed by atoms with van der Waals surface area (Å²) in [6, 6.07) is 4.41. The van der Waals surface area contributed by atoms with Gasteiger partial charge in [0, 0.05) is 38.6 Å². The van der Waals surface area contributed by atoms with Crippen LogP contribution < -0.4 is 5.32 Å². The molecule has 2 fully saturated rings. The van der Waals surface area contributed by atoms with Crippen LogP contribution in [-0.2, 0) is 4.79 Å². The standard InChI is InChI=1S/C18H25N5O2S/c1-13(18-20-17(21-25-18)15-5-3-11-26-15)22-7-9-23(10-8-22)16(24)12-14-4-2-6-19-14/h3,5,11,13-14,19H,2,4,6-10,12H2,1H3. The smallest absolute Gasteiger partial charge is 0.244 e. The van der Waals surface area contributed by atoms with Crippen LogP contribution in [0.25, 0.3) is 10.7 Å². The number of aromatic nitrogens is 2. The van der Waals surface area contributed by atoms with Crippen LogP contribution in [0.15, 0.2) is 22.0 Å². The minimum absolute atomic E-state index is 0.0602. The van der Waals surface area contributed by atoms with Gasteiger partial charge in [0.05, 0.1) is 10.9 Å². The lowest BCUT2D eigenvalue weighted by atomic mass is 10.1. The summed E-state index contributed by atoms with van der Waals surface area (Å²) in [4.78, 5) is 22.3. The molecule has 0 aliphatic carbocycles. The van der Waals surface area contributed by atoms with E-state index in [0.29, 0.717) is 24.2 Å². The number of carbonyl (C=O) groups excluding carboxylic acids is 1. The highest BCUT2D eigenvalue weighted by atomic mass is 32.1. The lowest BCUT2D eigenvalue weighted by Gasteiger charge is -2.37. The summed E-state index contributed by atoms with van der Waals surface area (Å²) in [5.41, 5.74) is 0. The Morgan fingerprint density at radius 1 is 1.42 bits per heavy atom. The lowest BCUT2D eigenvalue weighted by molar-refractivity contribution is -0.133. The normalized spacial score (nSPS) is 22.7. The van der Waals surface area contributed by atoms with Crippen molar-refractivity contribution in [1.82, 2.24) is 25.3 Å². The van der Waals surface area contributed by atoms with Crippen LogP contribution in [0.4, 0.5) is 0 Å². The van der Waals surface area contributed by atoms with E-state index in [0.717, 1.165) is 44.0 Å². The largest absolute Gasteiger partial charge is 0.340 e. The number of nitrogens with one attached hydrogen (secondary N) is 1. The molecule has 7 nitrogen and oxygen atoms in total. The SMILES string of the molecule is CC(c1nc(-c2cccs2)no1)N1CCN(C(=O)CC2CCCN2)CC1. The first-order valence-electron chi connectivity index (χ1n) is 9.33. The predicted molar refractivity (Wildman–Crippen MR) is 99.8 cm³/mol. The molecule has 0 bridgehead atoms. The average Bonchev–Trinajstić information content (AvgIpc) is 3.42. The van der Waals surface area contributed by atoms with Gasteiger partial charge in [-0.3, -0.25) is 9.69 Å². The second-order valence-electron chi connectivity index (χ2n) is 7.02. The molecular formula is C18H25N5O2S. The number of carbonyl (C=O) groups is 1. The van der Waals surface area contributed by atoms with E-state index in [1.807, 2.05) is 22.4 Å². The van der Waals surface area contributed by atoms with Crippen molar-refractivity contribution in [3.63, 3.8) is 0 Å². The maximum atomic E-state index is 12.5. The molecule has 1 N–H and O–H groups in total. The van der Waals surface area contributed by atoms with E-state index in [9.17, 15) is 4.79 Å². The molecule has 0 aromatic carbocycles. The zero-order chi connectivity index (χ0) is 17.9. The molecule has 1 amide bonds. The minimum Gasteiger partial charge on any atom is -0.340 e. The van der Waals surface area contributed by atoms with Crippen LogP contribution in [0.1, 0.15) is 38.1 Å². The Morgan fingerprint density at radius 2 is 2.27 bits per heavy atom. The predicted octanol–water partition coefficient (Wildman–Crippen LogP) is 2.15. The molecule has 2 aliphatic rings. The highest BCUT2D eigenvalue weighted by Crippen LogP contribution is 2.26. The van der Waals surface area contributed by atoms with Crippen molar-refractivity contribution in [3.8, 4) is 10.7 Å².